The minimum absolute atomic E-state index is 0.580. The first-order chi connectivity index (χ1) is 8.04. The molecule has 0 radical (unpaired) electrons. The van der Waals surface area contributed by atoms with Gasteiger partial charge in [-0.25, -0.2) is 4.98 Å². The highest BCUT2D eigenvalue weighted by Crippen LogP contribution is 2.25. The molecule has 0 fully saturated rings. The first-order valence-corrected chi connectivity index (χ1v) is 6.10. The second-order valence-electron chi connectivity index (χ2n) is 3.91. The topological polar surface area (TPSA) is 35.0 Å². The number of halogens is 1. The third kappa shape index (κ3) is 3.03. The first kappa shape index (κ1) is 12.0. The largest absolute Gasteiger partial charge is 0.439 e. The van der Waals surface area contributed by atoms with E-state index in [0.717, 1.165) is 21.5 Å². The molecule has 0 spiro atoms. The SMILES string of the molecule is Cc1cc(Oc2ccc(Br)c(C)c2)nc(C)n1. The Hall–Kier alpha value is -1.42. The molecule has 88 valence electrons. The van der Waals surface area contributed by atoms with Crippen LogP contribution in [0.1, 0.15) is 17.1 Å². The van der Waals surface area contributed by atoms with Gasteiger partial charge in [0.15, 0.2) is 0 Å². The predicted octanol–water partition coefficient (Wildman–Crippen LogP) is 3.96. The molecule has 0 unspecified atom stereocenters. The van der Waals surface area contributed by atoms with Gasteiger partial charge in [0.05, 0.1) is 0 Å². The number of hydrogen-bond donors (Lipinski definition) is 0. The van der Waals surface area contributed by atoms with E-state index in [0.29, 0.717) is 11.7 Å². The van der Waals surface area contributed by atoms with Gasteiger partial charge in [0.25, 0.3) is 0 Å². The van der Waals surface area contributed by atoms with Crippen molar-refractivity contribution in [1.29, 1.82) is 0 Å². The lowest BCUT2D eigenvalue weighted by Gasteiger charge is -2.07. The standard InChI is InChI=1S/C13H13BrN2O/c1-8-6-11(4-5-12(8)14)17-13-7-9(2)15-10(3)16-13/h4-7H,1-3H3. The van der Waals surface area contributed by atoms with E-state index in [1.54, 1.807) is 0 Å². The highest BCUT2D eigenvalue weighted by Gasteiger charge is 2.03. The molecule has 4 heteroatoms. The number of aromatic nitrogens is 2. The van der Waals surface area contributed by atoms with Crippen molar-refractivity contribution in [2.24, 2.45) is 0 Å². The zero-order valence-corrected chi connectivity index (χ0v) is 11.6. The molecule has 0 aliphatic heterocycles. The van der Waals surface area contributed by atoms with Crippen LogP contribution in [0, 0.1) is 20.8 Å². The summed E-state index contributed by atoms with van der Waals surface area (Å²) < 4.78 is 6.77. The summed E-state index contributed by atoms with van der Waals surface area (Å²) in [5.74, 6) is 2.08. The molecule has 17 heavy (non-hydrogen) atoms. The predicted molar refractivity (Wildman–Crippen MR) is 70.5 cm³/mol. The van der Waals surface area contributed by atoms with E-state index in [1.165, 1.54) is 0 Å². The Morgan fingerprint density at radius 3 is 2.47 bits per heavy atom. The monoisotopic (exact) mass is 292 g/mol. The summed E-state index contributed by atoms with van der Waals surface area (Å²) in [6.07, 6.45) is 0. The van der Waals surface area contributed by atoms with Crippen molar-refractivity contribution in [3.63, 3.8) is 0 Å². The second-order valence-corrected chi connectivity index (χ2v) is 4.76. The summed E-state index contributed by atoms with van der Waals surface area (Å²) in [5.41, 5.74) is 2.03. The normalized spacial score (nSPS) is 10.4. The average Bonchev–Trinajstić information content (AvgIpc) is 2.22. The van der Waals surface area contributed by atoms with Crippen molar-refractivity contribution in [3.05, 3.63) is 45.8 Å². The lowest BCUT2D eigenvalue weighted by atomic mass is 10.2. The van der Waals surface area contributed by atoms with Crippen LogP contribution in [-0.4, -0.2) is 9.97 Å². The van der Waals surface area contributed by atoms with Gasteiger partial charge >= 0.3 is 0 Å². The molecule has 2 aromatic rings. The average molecular weight is 293 g/mol. The van der Waals surface area contributed by atoms with Crippen LogP contribution in [0.2, 0.25) is 0 Å². The van der Waals surface area contributed by atoms with E-state index < -0.39 is 0 Å². The van der Waals surface area contributed by atoms with Crippen LogP contribution in [0.3, 0.4) is 0 Å². The molecule has 0 bridgehead atoms. The molecule has 0 aliphatic rings. The lowest BCUT2D eigenvalue weighted by molar-refractivity contribution is 0.458. The highest BCUT2D eigenvalue weighted by molar-refractivity contribution is 9.10. The molecule has 0 saturated carbocycles. The van der Waals surface area contributed by atoms with Crippen LogP contribution < -0.4 is 4.74 Å². The van der Waals surface area contributed by atoms with Gasteiger partial charge < -0.3 is 4.74 Å². The van der Waals surface area contributed by atoms with E-state index >= 15 is 0 Å². The van der Waals surface area contributed by atoms with Gasteiger partial charge in [-0.3, -0.25) is 0 Å². The molecular weight excluding hydrogens is 280 g/mol. The van der Waals surface area contributed by atoms with Crippen LogP contribution in [0.5, 0.6) is 11.6 Å². The van der Waals surface area contributed by atoms with Crippen molar-refractivity contribution >= 4 is 15.9 Å². The summed E-state index contributed by atoms with van der Waals surface area (Å²) in [4.78, 5) is 8.45. The molecule has 2 rings (SSSR count). The number of rotatable bonds is 2. The van der Waals surface area contributed by atoms with E-state index in [-0.39, 0.29) is 0 Å². The molecule has 3 nitrogen and oxygen atoms in total. The molecular formula is C13H13BrN2O. The molecule has 0 amide bonds. The van der Waals surface area contributed by atoms with Crippen molar-refractivity contribution < 1.29 is 4.74 Å². The number of hydrogen-bond acceptors (Lipinski definition) is 3. The molecule has 0 atom stereocenters. The fourth-order valence-corrected chi connectivity index (χ4v) is 1.78. The summed E-state index contributed by atoms with van der Waals surface area (Å²) in [5, 5.41) is 0. The van der Waals surface area contributed by atoms with Crippen molar-refractivity contribution in [2.75, 3.05) is 0 Å². The maximum atomic E-state index is 5.70. The van der Waals surface area contributed by atoms with Gasteiger partial charge in [-0.05, 0) is 44.5 Å². The van der Waals surface area contributed by atoms with Gasteiger partial charge in [-0.15, -0.1) is 0 Å². The molecule has 1 aromatic heterocycles. The minimum Gasteiger partial charge on any atom is -0.439 e. The number of benzene rings is 1. The van der Waals surface area contributed by atoms with Gasteiger partial charge in [-0.2, -0.15) is 4.98 Å². The fraction of sp³-hybridized carbons (Fsp3) is 0.231. The van der Waals surface area contributed by atoms with E-state index in [4.69, 9.17) is 4.74 Å². The minimum atomic E-state index is 0.580. The number of nitrogens with zero attached hydrogens (tertiary/aromatic N) is 2. The summed E-state index contributed by atoms with van der Waals surface area (Å²) >= 11 is 3.46. The smallest absolute Gasteiger partial charge is 0.222 e. The zero-order chi connectivity index (χ0) is 12.4. The third-order valence-electron chi connectivity index (χ3n) is 2.29. The quantitative estimate of drug-likeness (QED) is 0.840. The molecule has 0 N–H and O–H groups in total. The van der Waals surface area contributed by atoms with Gasteiger partial charge in [-0.1, -0.05) is 15.9 Å². The van der Waals surface area contributed by atoms with Crippen molar-refractivity contribution in [1.82, 2.24) is 9.97 Å². The molecule has 0 saturated heterocycles. The van der Waals surface area contributed by atoms with Crippen LogP contribution in [0.15, 0.2) is 28.7 Å². The van der Waals surface area contributed by atoms with Crippen LogP contribution in [-0.2, 0) is 0 Å². The van der Waals surface area contributed by atoms with E-state index in [2.05, 4.69) is 25.9 Å². The zero-order valence-electron chi connectivity index (χ0n) is 9.99. The Labute approximate surface area is 109 Å². The second kappa shape index (κ2) is 4.84. The van der Waals surface area contributed by atoms with Gasteiger partial charge in [0.1, 0.15) is 11.6 Å². The van der Waals surface area contributed by atoms with Gasteiger partial charge in [0.2, 0.25) is 5.88 Å². The van der Waals surface area contributed by atoms with Crippen LogP contribution in [0.4, 0.5) is 0 Å². The Kier molecular flexibility index (Phi) is 3.43. The molecule has 1 heterocycles. The summed E-state index contributed by atoms with van der Waals surface area (Å²) in [7, 11) is 0. The van der Waals surface area contributed by atoms with Crippen molar-refractivity contribution in [3.8, 4) is 11.6 Å². The number of aryl methyl sites for hydroxylation is 3. The molecule has 0 aliphatic carbocycles. The van der Waals surface area contributed by atoms with E-state index in [9.17, 15) is 0 Å². The van der Waals surface area contributed by atoms with Gasteiger partial charge in [0, 0.05) is 16.2 Å². The van der Waals surface area contributed by atoms with E-state index in [1.807, 2.05) is 45.0 Å². The van der Waals surface area contributed by atoms with Crippen molar-refractivity contribution in [2.45, 2.75) is 20.8 Å². The fourth-order valence-electron chi connectivity index (χ4n) is 1.54. The maximum absolute atomic E-state index is 5.70. The summed E-state index contributed by atoms with van der Waals surface area (Å²) in [6, 6.07) is 7.66. The number of ether oxygens (including phenoxy) is 1. The van der Waals surface area contributed by atoms with Crippen LogP contribution in [0.25, 0.3) is 0 Å². The van der Waals surface area contributed by atoms with Crippen LogP contribution >= 0.6 is 15.9 Å². The maximum Gasteiger partial charge on any atom is 0.222 e. The highest BCUT2D eigenvalue weighted by atomic mass is 79.9. The molecule has 1 aromatic carbocycles. The Bertz CT molecular complexity index is 535. The first-order valence-electron chi connectivity index (χ1n) is 5.31. The Morgan fingerprint density at radius 1 is 1.06 bits per heavy atom. The summed E-state index contributed by atoms with van der Waals surface area (Å²) in [6.45, 7) is 5.80. The Balaban J connectivity index is 2.28. The third-order valence-corrected chi connectivity index (χ3v) is 3.18. The lowest BCUT2D eigenvalue weighted by Crippen LogP contribution is -1.95. The Morgan fingerprint density at radius 2 is 1.82 bits per heavy atom.